The van der Waals surface area contributed by atoms with E-state index in [0.717, 1.165) is 25.3 Å². The van der Waals surface area contributed by atoms with Gasteiger partial charge in [-0.1, -0.05) is 26.2 Å². The Morgan fingerprint density at radius 3 is 2.69 bits per heavy atom. The van der Waals surface area contributed by atoms with E-state index in [2.05, 4.69) is 5.32 Å². The molecule has 13 heavy (non-hydrogen) atoms. The first-order valence-electron chi connectivity index (χ1n) is 5.51. The highest BCUT2D eigenvalue weighted by Gasteiger charge is 2.12. The van der Waals surface area contributed by atoms with Crippen molar-refractivity contribution in [2.45, 2.75) is 51.5 Å². The van der Waals surface area contributed by atoms with Gasteiger partial charge in [0.1, 0.15) is 6.29 Å². The maximum absolute atomic E-state index is 10.4. The quantitative estimate of drug-likeness (QED) is 0.662. The standard InChI is InChI=1S/C11H21NO/c1-10(9-13)7-8-12-11-5-3-2-4-6-11/h9-12H,2-8H2,1H3/t10-/m0/s1. The van der Waals surface area contributed by atoms with Gasteiger partial charge in [0.2, 0.25) is 0 Å². The Balaban J connectivity index is 2.01. The number of hydrogen-bond acceptors (Lipinski definition) is 2. The van der Waals surface area contributed by atoms with Crippen LogP contribution in [0.3, 0.4) is 0 Å². The van der Waals surface area contributed by atoms with E-state index in [9.17, 15) is 4.79 Å². The van der Waals surface area contributed by atoms with Crippen molar-refractivity contribution in [3.05, 3.63) is 0 Å². The number of carbonyl (C=O) groups is 1. The summed E-state index contributed by atoms with van der Waals surface area (Å²) in [5, 5.41) is 3.53. The first-order chi connectivity index (χ1) is 6.33. The Labute approximate surface area is 81.1 Å². The van der Waals surface area contributed by atoms with E-state index >= 15 is 0 Å². The molecule has 0 heterocycles. The predicted octanol–water partition coefficient (Wildman–Crippen LogP) is 2.13. The molecule has 1 rings (SSSR count). The molecule has 1 aliphatic carbocycles. The van der Waals surface area contributed by atoms with Gasteiger partial charge in [-0.15, -0.1) is 0 Å². The summed E-state index contributed by atoms with van der Waals surface area (Å²) in [6.07, 6.45) is 8.85. The summed E-state index contributed by atoms with van der Waals surface area (Å²) in [6.45, 7) is 2.99. The highest BCUT2D eigenvalue weighted by molar-refractivity contribution is 5.52. The topological polar surface area (TPSA) is 29.1 Å². The number of rotatable bonds is 5. The van der Waals surface area contributed by atoms with Crippen molar-refractivity contribution < 1.29 is 4.79 Å². The van der Waals surface area contributed by atoms with Crippen molar-refractivity contribution in [3.8, 4) is 0 Å². The Kier molecular flexibility index (Phi) is 5.06. The SMILES string of the molecule is C[C@H](C=O)CCNC1CCCCC1. The van der Waals surface area contributed by atoms with Crippen molar-refractivity contribution in [3.63, 3.8) is 0 Å². The normalized spacial score (nSPS) is 21.3. The first-order valence-corrected chi connectivity index (χ1v) is 5.51. The maximum Gasteiger partial charge on any atom is 0.122 e. The fourth-order valence-electron chi connectivity index (χ4n) is 1.89. The molecule has 0 saturated heterocycles. The van der Waals surface area contributed by atoms with Crippen LogP contribution in [0.25, 0.3) is 0 Å². The van der Waals surface area contributed by atoms with Crippen LogP contribution in [-0.4, -0.2) is 18.9 Å². The van der Waals surface area contributed by atoms with Gasteiger partial charge in [0.15, 0.2) is 0 Å². The molecule has 2 nitrogen and oxygen atoms in total. The van der Waals surface area contributed by atoms with Crippen molar-refractivity contribution in [1.29, 1.82) is 0 Å². The minimum atomic E-state index is 0.219. The molecule has 0 aromatic heterocycles. The molecule has 2 heteroatoms. The summed E-state index contributed by atoms with van der Waals surface area (Å²) in [4.78, 5) is 10.4. The molecule has 1 fully saturated rings. The lowest BCUT2D eigenvalue weighted by Gasteiger charge is -2.23. The van der Waals surface area contributed by atoms with Crippen LogP contribution in [0.15, 0.2) is 0 Å². The Hall–Kier alpha value is -0.370. The van der Waals surface area contributed by atoms with Crippen LogP contribution in [0.4, 0.5) is 0 Å². The van der Waals surface area contributed by atoms with Crippen molar-refractivity contribution in [2.75, 3.05) is 6.54 Å². The van der Waals surface area contributed by atoms with E-state index < -0.39 is 0 Å². The van der Waals surface area contributed by atoms with E-state index in [4.69, 9.17) is 0 Å². The number of nitrogens with one attached hydrogen (secondary N) is 1. The van der Waals surface area contributed by atoms with Gasteiger partial charge in [0.25, 0.3) is 0 Å². The summed E-state index contributed by atoms with van der Waals surface area (Å²) >= 11 is 0. The molecular formula is C11H21NO. The van der Waals surface area contributed by atoms with E-state index in [1.165, 1.54) is 32.1 Å². The lowest BCUT2D eigenvalue weighted by molar-refractivity contribution is -0.110. The van der Waals surface area contributed by atoms with Crippen molar-refractivity contribution >= 4 is 6.29 Å². The summed E-state index contributed by atoms with van der Waals surface area (Å²) < 4.78 is 0. The second-order valence-electron chi connectivity index (χ2n) is 4.19. The molecule has 0 spiro atoms. The average Bonchev–Trinajstić information content (AvgIpc) is 2.19. The van der Waals surface area contributed by atoms with Gasteiger partial charge in [0, 0.05) is 12.0 Å². The van der Waals surface area contributed by atoms with Gasteiger partial charge >= 0.3 is 0 Å². The number of carbonyl (C=O) groups excluding carboxylic acids is 1. The minimum Gasteiger partial charge on any atom is -0.314 e. The van der Waals surface area contributed by atoms with E-state index in [1.807, 2.05) is 6.92 Å². The zero-order valence-electron chi connectivity index (χ0n) is 8.59. The molecule has 76 valence electrons. The molecule has 0 unspecified atom stereocenters. The van der Waals surface area contributed by atoms with Crippen molar-refractivity contribution in [1.82, 2.24) is 5.32 Å². The lowest BCUT2D eigenvalue weighted by atomic mass is 9.95. The molecule has 1 atom stereocenters. The van der Waals surface area contributed by atoms with E-state index in [1.54, 1.807) is 0 Å². The maximum atomic E-state index is 10.4. The average molecular weight is 183 g/mol. The van der Waals surface area contributed by atoms with Gasteiger partial charge in [-0.25, -0.2) is 0 Å². The number of aldehydes is 1. The molecule has 1 N–H and O–H groups in total. The third-order valence-electron chi connectivity index (χ3n) is 2.87. The van der Waals surface area contributed by atoms with Gasteiger partial charge in [-0.05, 0) is 25.8 Å². The minimum absolute atomic E-state index is 0.219. The van der Waals surface area contributed by atoms with Crippen LogP contribution < -0.4 is 5.32 Å². The van der Waals surface area contributed by atoms with Crippen LogP contribution in [-0.2, 0) is 4.79 Å². The largest absolute Gasteiger partial charge is 0.314 e. The van der Waals surface area contributed by atoms with Gasteiger partial charge in [0.05, 0.1) is 0 Å². The zero-order valence-corrected chi connectivity index (χ0v) is 8.59. The Morgan fingerprint density at radius 2 is 2.08 bits per heavy atom. The van der Waals surface area contributed by atoms with Gasteiger partial charge in [-0.2, -0.15) is 0 Å². The first kappa shape index (κ1) is 10.7. The van der Waals surface area contributed by atoms with E-state index in [0.29, 0.717) is 0 Å². The summed E-state index contributed by atoms with van der Waals surface area (Å²) in [7, 11) is 0. The summed E-state index contributed by atoms with van der Waals surface area (Å²) in [5.74, 6) is 0.219. The molecule has 0 radical (unpaired) electrons. The van der Waals surface area contributed by atoms with Crippen molar-refractivity contribution in [2.24, 2.45) is 5.92 Å². The van der Waals surface area contributed by atoms with Crippen LogP contribution >= 0.6 is 0 Å². The second-order valence-corrected chi connectivity index (χ2v) is 4.19. The molecule has 0 aromatic rings. The molecule has 1 saturated carbocycles. The fourth-order valence-corrected chi connectivity index (χ4v) is 1.89. The summed E-state index contributed by atoms with van der Waals surface area (Å²) in [6, 6.07) is 0.729. The highest BCUT2D eigenvalue weighted by atomic mass is 16.1. The number of hydrogen-bond donors (Lipinski definition) is 1. The monoisotopic (exact) mass is 183 g/mol. The second kappa shape index (κ2) is 6.14. The summed E-state index contributed by atoms with van der Waals surface area (Å²) in [5.41, 5.74) is 0. The molecular weight excluding hydrogens is 162 g/mol. The van der Waals surface area contributed by atoms with Crippen LogP contribution in [0.1, 0.15) is 45.4 Å². The van der Waals surface area contributed by atoms with E-state index in [-0.39, 0.29) is 5.92 Å². The Bertz CT molecular complexity index is 141. The molecule has 0 bridgehead atoms. The van der Waals surface area contributed by atoms with Gasteiger partial charge < -0.3 is 10.1 Å². The third kappa shape index (κ3) is 4.41. The molecule has 0 amide bonds. The van der Waals surface area contributed by atoms with Crippen LogP contribution in [0, 0.1) is 5.92 Å². The predicted molar refractivity (Wildman–Crippen MR) is 54.7 cm³/mol. The molecule has 0 aliphatic heterocycles. The third-order valence-corrected chi connectivity index (χ3v) is 2.87. The Morgan fingerprint density at radius 1 is 1.38 bits per heavy atom. The zero-order chi connectivity index (χ0) is 9.52. The van der Waals surface area contributed by atoms with Crippen LogP contribution in [0.5, 0.6) is 0 Å². The fraction of sp³-hybridized carbons (Fsp3) is 0.909. The van der Waals surface area contributed by atoms with Gasteiger partial charge in [-0.3, -0.25) is 0 Å². The smallest absolute Gasteiger partial charge is 0.122 e. The molecule has 1 aliphatic rings. The molecule has 0 aromatic carbocycles. The lowest BCUT2D eigenvalue weighted by Crippen LogP contribution is -2.32. The highest BCUT2D eigenvalue weighted by Crippen LogP contribution is 2.17. The van der Waals surface area contributed by atoms with Crippen LogP contribution in [0.2, 0.25) is 0 Å².